The zero-order valence-corrected chi connectivity index (χ0v) is 12.4. The van der Waals surface area contributed by atoms with Crippen LogP contribution in [0.2, 0.25) is 4.47 Å². The summed E-state index contributed by atoms with van der Waals surface area (Å²) >= 11 is 8.90. The van der Waals surface area contributed by atoms with E-state index in [9.17, 15) is 4.79 Å². The lowest BCUT2D eigenvalue weighted by Gasteiger charge is -2.06. The smallest absolute Gasteiger partial charge is 0.286 e. The predicted molar refractivity (Wildman–Crippen MR) is 76.8 cm³/mol. The molecule has 1 N–H and O–H groups in total. The molecule has 0 radical (unpaired) electrons. The number of nitrogens with zero attached hydrogens (tertiary/aromatic N) is 2. The average Bonchev–Trinajstić information content (AvgIpc) is 2.69. The normalized spacial score (nSPS) is 10.3. The second-order valence-corrected chi connectivity index (χ2v) is 6.08. The Morgan fingerprint density at radius 3 is 2.82 bits per heavy atom. The van der Waals surface area contributed by atoms with Crippen molar-refractivity contribution < 1.29 is 4.79 Å². The maximum atomic E-state index is 11.8. The molecule has 0 aliphatic carbocycles. The van der Waals surface area contributed by atoms with Gasteiger partial charge in [-0.1, -0.05) is 11.3 Å². The van der Waals surface area contributed by atoms with Crippen LogP contribution in [0.25, 0.3) is 0 Å². The summed E-state index contributed by atoms with van der Waals surface area (Å²) in [4.78, 5) is 11.8. The minimum atomic E-state index is -0.293. The number of hydrogen-bond acceptors (Lipinski definition) is 4. The number of anilines is 1. The maximum Gasteiger partial charge on any atom is 0.286 e. The van der Waals surface area contributed by atoms with Crippen molar-refractivity contribution in [2.75, 3.05) is 5.32 Å². The van der Waals surface area contributed by atoms with E-state index >= 15 is 0 Å². The molecule has 1 heterocycles. The molecule has 2 rings (SSSR count). The summed E-state index contributed by atoms with van der Waals surface area (Å²) in [5, 5.41) is 10.3. The van der Waals surface area contributed by atoms with Gasteiger partial charge in [0.25, 0.3) is 5.91 Å². The van der Waals surface area contributed by atoms with Crippen LogP contribution in [0.4, 0.5) is 5.69 Å². The monoisotopic (exact) mass is 379 g/mol. The highest BCUT2D eigenvalue weighted by molar-refractivity contribution is 14.1. The number of aryl methyl sites for hydroxylation is 1. The van der Waals surface area contributed by atoms with Crippen LogP contribution in [0.1, 0.15) is 15.4 Å². The third-order valence-electron chi connectivity index (χ3n) is 2.03. The van der Waals surface area contributed by atoms with Gasteiger partial charge in [0.2, 0.25) is 9.47 Å². The standard InChI is InChI=1S/C10H7ClIN3OS/c1-5-4-6(12)2-3-7(5)13-8(16)9-14-15-10(11)17-9/h2-4H,1H3,(H,13,16). The summed E-state index contributed by atoms with van der Waals surface area (Å²) in [5.41, 5.74) is 1.77. The van der Waals surface area contributed by atoms with Crippen LogP contribution in [0.5, 0.6) is 0 Å². The fourth-order valence-corrected chi connectivity index (χ4v) is 2.61. The number of aromatic nitrogens is 2. The van der Waals surface area contributed by atoms with E-state index in [4.69, 9.17) is 11.6 Å². The minimum absolute atomic E-state index is 0.257. The molecule has 17 heavy (non-hydrogen) atoms. The molecule has 0 fully saturated rings. The average molecular weight is 380 g/mol. The van der Waals surface area contributed by atoms with Gasteiger partial charge in [-0.3, -0.25) is 4.79 Å². The van der Waals surface area contributed by atoms with Crippen molar-refractivity contribution in [2.24, 2.45) is 0 Å². The topological polar surface area (TPSA) is 54.9 Å². The van der Waals surface area contributed by atoms with Gasteiger partial charge in [0.1, 0.15) is 0 Å². The molecule has 2 aromatic rings. The van der Waals surface area contributed by atoms with Gasteiger partial charge in [0.05, 0.1) is 0 Å². The van der Waals surface area contributed by atoms with Crippen molar-refractivity contribution in [2.45, 2.75) is 6.92 Å². The first-order valence-corrected chi connectivity index (χ1v) is 6.90. The van der Waals surface area contributed by atoms with E-state index in [-0.39, 0.29) is 15.4 Å². The SMILES string of the molecule is Cc1cc(I)ccc1NC(=O)c1nnc(Cl)s1. The number of carbonyl (C=O) groups excluding carboxylic acids is 1. The quantitative estimate of drug-likeness (QED) is 0.814. The van der Waals surface area contributed by atoms with Crippen LogP contribution in [-0.2, 0) is 0 Å². The van der Waals surface area contributed by atoms with E-state index < -0.39 is 0 Å². The highest BCUT2D eigenvalue weighted by Gasteiger charge is 2.13. The van der Waals surface area contributed by atoms with Crippen LogP contribution < -0.4 is 5.32 Å². The molecule has 0 aliphatic heterocycles. The predicted octanol–water partition coefficient (Wildman–Crippen LogP) is 3.36. The molecule has 0 spiro atoms. The molecule has 0 atom stereocenters. The Hall–Kier alpha value is -0.730. The van der Waals surface area contributed by atoms with Gasteiger partial charge in [-0.25, -0.2) is 0 Å². The van der Waals surface area contributed by atoms with Crippen LogP contribution in [0.15, 0.2) is 18.2 Å². The molecule has 0 bridgehead atoms. The number of halogens is 2. The molecule has 1 aromatic heterocycles. The van der Waals surface area contributed by atoms with E-state index in [1.807, 2.05) is 25.1 Å². The van der Waals surface area contributed by atoms with Crippen molar-refractivity contribution >= 4 is 57.1 Å². The van der Waals surface area contributed by atoms with E-state index in [1.54, 1.807) is 0 Å². The second kappa shape index (κ2) is 5.28. The Balaban J connectivity index is 2.18. The molecule has 0 unspecified atom stereocenters. The Morgan fingerprint density at radius 2 is 2.24 bits per heavy atom. The first-order chi connectivity index (χ1) is 8.06. The highest BCUT2D eigenvalue weighted by atomic mass is 127. The van der Waals surface area contributed by atoms with E-state index in [2.05, 4.69) is 38.1 Å². The minimum Gasteiger partial charge on any atom is -0.320 e. The number of amides is 1. The molecule has 0 saturated carbocycles. The largest absolute Gasteiger partial charge is 0.320 e. The van der Waals surface area contributed by atoms with Gasteiger partial charge in [-0.2, -0.15) is 0 Å². The third kappa shape index (κ3) is 3.14. The Bertz CT molecular complexity index is 572. The maximum absolute atomic E-state index is 11.8. The van der Waals surface area contributed by atoms with Crippen molar-refractivity contribution in [1.29, 1.82) is 0 Å². The van der Waals surface area contributed by atoms with Crippen LogP contribution in [-0.4, -0.2) is 16.1 Å². The van der Waals surface area contributed by atoms with Crippen molar-refractivity contribution in [3.05, 3.63) is 36.8 Å². The van der Waals surface area contributed by atoms with Gasteiger partial charge in [-0.15, -0.1) is 10.2 Å². The highest BCUT2D eigenvalue weighted by Crippen LogP contribution is 2.20. The van der Waals surface area contributed by atoms with Crippen LogP contribution in [0.3, 0.4) is 0 Å². The summed E-state index contributed by atoms with van der Waals surface area (Å²) in [6.45, 7) is 1.94. The number of benzene rings is 1. The first kappa shape index (κ1) is 12.7. The van der Waals surface area contributed by atoms with Gasteiger partial charge in [0.15, 0.2) is 0 Å². The summed E-state index contributed by atoms with van der Waals surface area (Å²) < 4.78 is 1.38. The van der Waals surface area contributed by atoms with Crippen LogP contribution in [0, 0.1) is 10.5 Å². The Morgan fingerprint density at radius 1 is 1.47 bits per heavy atom. The molecule has 7 heteroatoms. The van der Waals surface area contributed by atoms with E-state index in [0.29, 0.717) is 0 Å². The lowest BCUT2D eigenvalue weighted by Crippen LogP contribution is -2.12. The van der Waals surface area contributed by atoms with E-state index in [0.717, 1.165) is 26.2 Å². The van der Waals surface area contributed by atoms with Gasteiger partial charge < -0.3 is 5.32 Å². The summed E-state index contributed by atoms with van der Waals surface area (Å²) in [5.74, 6) is -0.293. The first-order valence-electron chi connectivity index (χ1n) is 4.63. The van der Waals surface area contributed by atoms with E-state index in [1.165, 1.54) is 0 Å². The van der Waals surface area contributed by atoms with Gasteiger partial charge in [0, 0.05) is 9.26 Å². The second-order valence-electron chi connectivity index (χ2n) is 3.27. The molecule has 1 aromatic carbocycles. The Labute approximate surface area is 121 Å². The molecule has 4 nitrogen and oxygen atoms in total. The number of carbonyl (C=O) groups is 1. The zero-order valence-electron chi connectivity index (χ0n) is 8.70. The Kier molecular flexibility index (Phi) is 3.95. The van der Waals surface area contributed by atoms with Gasteiger partial charge in [-0.05, 0) is 64.9 Å². The van der Waals surface area contributed by atoms with Gasteiger partial charge >= 0.3 is 0 Å². The van der Waals surface area contributed by atoms with Crippen molar-refractivity contribution in [3.8, 4) is 0 Å². The lowest BCUT2D eigenvalue weighted by molar-refractivity contribution is 0.102. The lowest BCUT2D eigenvalue weighted by atomic mass is 10.2. The molecule has 0 aliphatic rings. The zero-order chi connectivity index (χ0) is 12.4. The third-order valence-corrected chi connectivity index (χ3v) is 3.72. The number of rotatable bonds is 2. The van der Waals surface area contributed by atoms with Crippen molar-refractivity contribution in [3.63, 3.8) is 0 Å². The number of nitrogens with one attached hydrogen (secondary N) is 1. The fraction of sp³-hybridized carbons (Fsp3) is 0.100. The molecular formula is C10H7ClIN3OS. The number of hydrogen-bond donors (Lipinski definition) is 1. The summed E-state index contributed by atoms with van der Waals surface area (Å²) in [6.07, 6.45) is 0. The summed E-state index contributed by atoms with van der Waals surface area (Å²) in [7, 11) is 0. The van der Waals surface area contributed by atoms with Crippen LogP contribution >= 0.6 is 45.5 Å². The fourth-order valence-electron chi connectivity index (χ4n) is 1.24. The summed E-state index contributed by atoms with van der Waals surface area (Å²) in [6, 6.07) is 5.77. The molecule has 1 amide bonds. The molecular weight excluding hydrogens is 373 g/mol. The van der Waals surface area contributed by atoms with Crippen molar-refractivity contribution in [1.82, 2.24) is 10.2 Å². The molecule has 88 valence electrons. The molecule has 0 saturated heterocycles.